The highest BCUT2D eigenvalue weighted by atomic mass is 32.2. The van der Waals surface area contributed by atoms with Gasteiger partial charge in [0.15, 0.2) is 11.5 Å². The number of anilines is 2. The second-order valence-electron chi connectivity index (χ2n) is 8.03. The summed E-state index contributed by atoms with van der Waals surface area (Å²) in [5.74, 6) is 1.22. The van der Waals surface area contributed by atoms with Gasteiger partial charge in [-0.05, 0) is 60.9 Å². The molecule has 0 bridgehead atoms. The van der Waals surface area contributed by atoms with E-state index in [0.29, 0.717) is 35.8 Å². The number of carbonyl (C=O) groups is 1. The summed E-state index contributed by atoms with van der Waals surface area (Å²) in [4.78, 5) is 12.8. The Morgan fingerprint density at radius 3 is 2.36 bits per heavy atom. The van der Waals surface area contributed by atoms with Crippen molar-refractivity contribution in [2.45, 2.75) is 24.8 Å². The number of sulfonamides is 1. The molecule has 0 aromatic heterocycles. The topological polar surface area (TPSA) is 97.0 Å². The number of nitrogens with one attached hydrogen (secondary N) is 2. The molecule has 0 spiro atoms. The molecule has 2 heterocycles. The highest BCUT2D eigenvalue weighted by molar-refractivity contribution is 7.89. The number of rotatable bonds is 4. The van der Waals surface area contributed by atoms with E-state index in [1.54, 1.807) is 42.5 Å². The first-order valence-corrected chi connectivity index (χ1v) is 12.0. The lowest BCUT2D eigenvalue weighted by Gasteiger charge is -2.28. The van der Waals surface area contributed by atoms with Crippen molar-refractivity contribution in [3.63, 3.8) is 0 Å². The normalized spacial score (nSPS) is 15.1. The Bertz CT molecular complexity index is 1320. The van der Waals surface area contributed by atoms with Crippen LogP contribution in [-0.2, 0) is 23.0 Å². The first kappa shape index (κ1) is 21.3. The first-order valence-electron chi connectivity index (χ1n) is 10.5. The molecule has 2 aliphatic heterocycles. The van der Waals surface area contributed by atoms with E-state index in [2.05, 4.69) is 10.6 Å². The molecule has 0 atom stereocenters. The molecule has 33 heavy (non-hydrogen) atoms. The number of urea groups is 1. The lowest BCUT2D eigenvalue weighted by molar-refractivity contribution is 0.174. The van der Waals surface area contributed by atoms with E-state index < -0.39 is 16.1 Å². The van der Waals surface area contributed by atoms with Crippen molar-refractivity contribution < 1.29 is 22.7 Å². The summed E-state index contributed by atoms with van der Waals surface area (Å²) in [5, 5.41) is 5.58. The number of hydrogen-bond acceptors (Lipinski definition) is 5. The summed E-state index contributed by atoms with van der Waals surface area (Å²) in [6.45, 7) is 2.76. The SMILES string of the molecule is Cc1ccc(S(=O)(=O)N2CCc3ccc(NC(=O)Nc4ccc5c(c4)OCO5)cc3C2)cc1. The summed E-state index contributed by atoms with van der Waals surface area (Å²) in [7, 11) is -3.59. The van der Waals surface area contributed by atoms with Gasteiger partial charge in [0.25, 0.3) is 0 Å². The molecule has 3 aromatic rings. The largest absolute Gasteiger partial charge is 0.454 e. The molecule has 9 heteroatoms. The fraction of sp³-hybridized carbons (Fsp3) is 0.208. The second-order valence-corrected chi connectivity index (χ2v) is 9.97. The van der Waals surface area contributed by atoms with Crippen LogP contribution >= 0.6 is 0 Å². The van der Waals surface area contributed by atoms with Crippen LogP contribution in [0.25, 0.3) is 0 Å². The number of nitrogens with zero attached hydrogens (tertiary/aromatic N) is 1. The third kappa shape index (κ3) is 4.37. The molecule has 0 aliphatic carbocycles. The number of carbonyl (C=O) groups excluding carboxylic acids is 1. The van der Waals surface area contributed by atoms with Crippen molar-refractivity contribution in [1.82, 2.24) is 4.31 Å². The van der Waals surface area contributed by atoms with Crippen molar-refractivity contribution in [2.24, 2.45) is 0 Å². The van der Waals surface area contributed by atoms with Crippen molar-refractivity contribution in [1.29, 1.82) is 0 Å². The molecule has 2 amide bonds. The van der Waals surface area contributed by atoms with Gasteiger partial charge < -0.3 is 20.1 Å². The summed E-state index contributed by atoms with van der Waals surface area (Å²) >= 11 is 0. The maximum atomic E-state index is 13.1. The lowest BCUT2D eigenvalue weighted by atomic mass is 10.0. The van der Waals surface area contributed by atoms with Gasteiger partial charge in [-0.15, -0.1) is 0 Å². The zero-order valence-electron chi connectivity index (χ0n) is 18.0. The Hall–Kier alpha value is -3.56. The number of ether oxygens (including phenoxy) is 2. The molecule has 0 unspecified atom stereocenters. The lowest BCUT2D eigenvalue weighted by Crippen LogP contribution is -2.36. The maximum absolute atomic E-state index is 13.1. The average Bonchev–Trinajstić information content (AvgIpc) is 3.27. The van der Waals surface area contributed by atoms with Gasteiger partial charge in [-0.25, -0.2) is 13.2 Å². The molecular formula is C24H23N3O5S. The Morgan fingerprint density at radius 1 is 0.879 bits per heavy atom. The highest BCUT2D eigenvalue weighted by Crippen LogP contribution is 2.34. The molecular weight excluding hydrogens is 442 g/mol. The molecule has 0 saturated carbocycles. The van der Waals surface area contributed by atoms with Crippen molar-refractivity contribution in [2.75, 3.05) is 24.0 Å². The fourth-order valence-electron chi connectivity index (χ4n) is 3.94. The van der Waals surface area contributed by atoms with Gasteiger partial charge >= 0.3 is 6.03 Å². The standard InChI is InChI=1S/C24H23N3O5S/c1-16-2-7-21(8-3-16)33(29,30)27-11-10-17-4-5-19(12-18(17)14-27)25-24(28)26-20-6-9-22-23(13-20)32-15-31-22/h2-9,12-13H,10-11,14-15H2,1H3,(H2,25,26,28). The maximum Gasteiger partial charge on any atom is 0.323 e. The van der Waals surface area contributed by atoms with Crippen molar-refractivity contribution in [3.8, 4) is 11.5 Å². The average molecular weight is 466 g/mol. The molecule has 170 valence electrons. The quantitative estimate of drug-likeness (QED) is 0.604. The number of fused-ring (bicyclic) bond motifs is 2. The van der Waals surface area contributed by atoms with Crippen LogP contribution < -0.4 is 20.1 Å². The van der Waals surface area contributed by atoms with Crippen LogP contribution in [0.15, 0.2) is 65.6 Å². The number of amides is 2. The number of hydrogen-bond donors (Lipinski definition) is 2. The second kappa shape index (κ2) is 8.42. The minimum Gasteiger partial charge on any atom is -0.454 e. The molecule has 5 rings (SSSR count). The summed E-state index contributed by atoms with van der Waals surface area (Å²) in [6, 6.07) is 17.2. The summed E-state index contributed by atoms with van der Waals surface area (Å²) < 4.78 is 38.3. The van der Waals surface area contributed by atoms with Crippen LogP contribution in [0.2, 0.25) is 0 Å². The third-order valence-electron chi connectivity index (χ3n) is 5.73. The smallest absolute Gasteiger partial charge is 0.323 e. The predicted molar refractivity (Wildman–Crippen MR) is 124 cm³/mol. The Labute approximate surface area is 192 Å². The minimum absolute atomic E-state index is 0.163. The van der Waals surface area contributed by atoms with Crippen LogP contribution in [-0.4, -0.2) is 32.1 Å². The van der Waals surface area contributed by atoms with Crippen LogP contribution in [0.1, 0.15) is 16.7 Å². The van der Waals surface area contributed by atoms with Crippen LogP contribution in [0, 0.1) is 6.92 Å². The van der Waals surface area contributed by atoms with Gasteiger partial charge in [0.2, 0.25) is 16.8 Å². The van der Waals surface area contributed by atoms with Crippen molar-refractivity contribution in [3.05, 3.63) is 77.4 Å². The molecule has 2 N–H and O–H groups in total. The van der Waals surface area contributed by atoms with E-state index >= 15 is 0 Å². The zero-order valence-corrected chi connectivity index (χ0v) is 18.8. The van der Waals surface area contributed by atoms with E-state index in [0.717, 1.165) is 16.7 Å². The molecule has 0 fully saturated rings. The molecule has 3 aromatic carbocycles. The van der Waals surface area contributed by atoms with Gasteiger partial charge in [-0.2, -0.15) is 4.31 Å². The van der Waals surface area contributed by atoms with E-state index in [1.807, 2.05) is 25.1 Å². The van der Waals surface area contributed by atoms with E-state index in [4.69, 9.17) is 9.47 Å². The monoisotopic (exact) mass is 465 g/mol. The van der Waals surface area contributed by atoms with Crippen LogP contribution in [0.3, 0.4) is 0 Å². The summed E-state index contributed by atoms with van der Waals surface area (Å²) in [5.41, 5.74) is 4.12. The Balaban J connectivity index is 1.29. The van der Waals surface area contributed by atoms with Crippen LogP contribution in [0.4, 0.5) is 16.2 Å². The molecule has 0 saturated heterocycles. The van der Waals surface area contributed by atoms with Crippen molar-refractivity contribution >= 4 is 27.4 Å². The van der Waals surface area contributed by atoms with E-state index in [1.165, 1.54) is 4.31 Å². The minimum atomic E-state index is -3.59. The van der Waals surface area contributed by atoms with Gasteiger partial charge in [-0.3, -0.25) is 0 Å². The van der Waals surface area contributed by atoms with Gasteiger partial charge in [-0.1, -0.05) is 23.8 Å². The predicted octanol–water partition coefficient (Wildman–Crippen LogP) is 4.11. The Morgan fingerprint density at radius 2 is 1.58 bits per heavy atom. The summed E-state index contributed by atoms with van der Waals surface area (Å²) in [6.07, 6.45) is 0.615. The van der Waals surface area contributed by atoms with Gasteiger partial charge in [0.1, 0.15) is 0 Å². The van der Waals surface area contributed by atoms with E-state index in [9.17, 15) is 13.2 Å². The van der Waals surface area contributed by atoms with Gasteiger partial charge in [0, 0.05) is 30.5 Å². The number of aryl methyl sites for hydroxylation is 1. The number of benzene rings is 3. The molecule has 2 aliphatic rings. The highest BCUT2D eigenvalue weighted by Gasteiger charge is 2.28. The Kier molecular flexibility index (Phi) is 5.43. The fourth-order valence-corrected chi connectivity index (χ4v) is 5.36. The zero-order chi connectivity index (χ0) is 23.0. The third-order valence-corrected chi connectivity index (χ3v) is 7.59. The van der Waals surface area contributed by atoms with E-state index in [-0.39, 0.29) is 18.2 Å². The van der Waals surface area contributed by atoms with Gasteiger partial charge in [0.05, 0.1) is 4.90 Å². The molecule has 8 nitrogen and oxygen atoms in total. The molecule has 0 radical (unpaired) electrons. The van der Waals surface area contributed by atoms with Crippen LogP contribution in [0.5, 0.6) is 11.5 Å². The first-order chi connectivity index (χ1) is 15.9.